The van der Waals surface area contributed by atoms with Gasteiger partial charge in [0, 0.05) is 11.5 Å². The lowest BCUT2D eigenvalue weighted by molar-refractivity contribution is -0.310. The van der Waals surface area contributed by atoms with E-state index in [2.05, 4.69) is 17.6 Å². The second-order valence-corrected chi connectivity index (χ2v) is 4.40. The van der Waals surface area contributed by atoms with E-state index in [0.717, 1.165) is 16.8 Å². The van der Waals surface area contributed by atoms with Gasteiger partial charge in [-0.15, -0.1) is 0 Å². The third-order valence-corrected chi connectivity index (χ3v) is 3.24. The predicted octanol–water partition coefficient (Wildman–Crippen LogP) is 0.892. The van der Waals surface area contributed by atoms with Gasteiger partial charge in [0.1, 0.15) is 6.61 Å². The Labute approximate surface area is 110 Å². The second kappa shape index (κ2) is 4.74. The Morgan fingerprint density at radius 2 is 2.16 bits per heavy atom. The topological polar surface area (TPSA) is 61.4 Å². The average molecular weight is 254 g/mol. The molecule has 4 nitrogen and oxygen atoms in total. The first-order valence-corrected chi connectivity index (χ1v) is 6.03. The number of carbonyl (C=O) groups is 1. The fourth-order valence-electron chi connectivity index (χ4n) is 2.48. The van der Waals surface area contributed by atoms with E-state index >= 15 is 0 Å². The number of rotatable bonds is 4. The molecule has 0 saturated heterocycles. The molecule has 0 spiro atoms. The highest BCUT2D eigenvalue weighted by Gasteiger charge is 2.29. The van der Waals surface area contributed by atoms with Crippen LogP contribution >= 0.6 is 0 Å². The number of carbonyl (C=O) groups excluding carboxylic acids is 1. The minimum Gasteiger partial charge on any atom is -0.548 e. The number of hydrogen-bond acceptors (Lipinski definition) is 4. The first kappa shape index (κ1) is 11.7. The van der Waals surface area contributed by atoms with Crippen molar-refractivity contribution in [3.8, 4) is 0 Å². The van der Waals surface area contributed by atoms with E-state index in [4.69, 9.17) is 4.84 Å². The maximum Gasteiger partial charge on any atom is 0.114 e. The summed E-state index contributed by atoms with van der Waals surface area (Å²) in [6.07, 6.45) is 8.09. The third kappa shape index (κ3) is 2.06. The maximum absolute atomic E-state index is 10.4. The van der Waals surface area contributed by atoms with Crippen molar-refractivity contribution in [2.75, 3.05) is 6.61 Å². The van der Waals surface area contributed by atoms with Crippen LogP contribution in [0.4, 0.5) is 0 Å². The van der Waals surface area contributed by atoms with Crippen LogP contribution in [0.5, 0.6) is 0 Å². The molecule has 0 amide bonds. The SMILES string of the molecule is O=C([O-])CONC1=C2C=CC=C[C@@H]2c2ccccc21. The zero-order chi connectivity index (χ0) is 13.2. The first-order chi connectivity index (χ1) is 9.27. The Morgan fingerprint density at radius 1 is 1.32 bits per heavy atom. The molecule has 2 aliphatic rings. The highest BCUT2D eigenvalue weighted by Crippen LogP contribution is 2.43. The first-order valence-electron chi connectivity index (χ1n) is 6.03. The van der Waals surface area contributed by atoms with Crippen molar-refractivity contribution in [2.24, 2.45) is 0 Å². The Kier molecular flexibility index (Phi) is 2.93. The van der Waals surface area contributed by atoms with E-state index in [1.165, 1.54) is 5.56 Å². The van der Waals surface area contributed by atoms with Gasteiger partial charge in [0.25, 0.3) is 0 Å². The molecule has 0 fully saturated rings. The summed E-state index contributed by atoms with van der Waals surface area (Å²) >= 11 is 0. The van der Waals surface area contributed by atoms with Gasteiger partial charge in [0.2, 0.25) is 0 Å². The molecule has 3 rings (SSSR count). The van der Waals surface area contributed by atoms with Gasteiger partial charge in [0.15, 0.2) is 0 Å². The number of benzene rings is 1. The number of nitrogens with one attached hydrogen (secondary N) is 1. The van der Waals surface area contributed by atoms with Crippen molar-refractivity contribution in [2.45, 2.75) is 5.92 Å². The lowest BCUT2D eigenvalue weighted by Gasteiger charge is -2.13. The van der Waals surface area contributed by atoms with Crippen LogP contribution in [0.25, 0.3) is 5.70 Å². The number of hydroxylamine groups is 1. The van der Waals surface area contributed by atoms with Crippen LogP contribution in [0.15, 0.2) is 54.1 Å². The monoisotopic (exact) mass is 254 g/mol. The van der Waals surface area contributed by atoms with E-state index in [0.29, 0.717) is 0 Å². The highest BCUT2D eigenvalue weighted by molar-refractivity contribution is 5.80. The smallest absolute Gasteiger partial charge is 0.114 e. The third-order valence-electron chi connectivity index (χ3n) is 3.24. The standard InChI is InChI=1S/C15H13NO3/c17-14(18)9-19-16-15-12-7-3-1-5-10(12)11-6-2-4-8-13(11)15/h1-8,10,16H,9H2,(H,17,18)/p-1/t10-/m1/s1. The van der Waals surface area contributed by atoms with Crippen LogP contribution in [0, 0.1) is 0 Å². The van der Waals surface area contributed by atoms with Crippen LogP contribution in [-0.4, -0.2) is 12.6 Å². The molecule has 96 valence electrons. The van der Waals surface area contributed by atoms with Gasteiger partial charge in [-0.1, -0.05) is 48.6 Å². The molecule has 0 unspecified atom stereocenters. The summed E-state index contributed by atoms with van der Waals surface area (Å²) in [6.45, 7) is -0.483. The Bertz CT molecular complexity index is 614. The van der Waals surface area contributed by atoms with Crippen LogP contribution in [-0.2, 0) is 9.63 Å². The van der Waals surface area contributed by atoms with Crippen LogP contribution in [0.1, 0.15) is 17.0 Å². The summed E-state index contributed by atoms with van der Waals surface area (Å²) in [7, 11) is 0. The zero-order valence-electron chi connectivity index (χ0n) is 10.1. The van der Waals surface area contributed by atoms with Crippen molar-refractivity contribution in [1.82, 2.24) is 5.48 Å². The van der Waals surface area contributed by atoms with E-state index in [9.17, 15) is 9.90 Å². The average Bonchev–Trinajstić information content (AvgIpc) is 2.74. The molecule has 0 aliphatic heterocycles. The van der Waals surface area contributed by atoms with Crippen molar-refractivity contribution in [1.29, 1.82) is 0 Å². The van der Waals surface area contributed by atoms with E-state index in [-0.39, 0.29) is 5.92 Å². The van der Waals surface area contributed by atoms with Crippen LogP contribution < -0.4 is 10.6 Å². The molecule has 2 aliphatic carbocycles. The molecule has 1 aromatic carbocycles. The number of carboxylic acid groups (broad SMARTS) is 1. The molecule has 19 heavy (non-hydrogen) atoms. The van der Waals surface area contributed by atoms with Gasteiger partial charge < -0.3 is 9.90 Å². The molecule has 0 radical (unpaired) electrons. The molecule has 0 bridgehead atoms. The van der Waals surface area contributed by atoms with Crippen molar-refractivity contribution in [3.05, 3.63) is 65.3 Å². The fraction of sp³-hybridized carbons (Fsp3) is 0.133. The zero-order valence-corrected chi connectivity index (χ0v) is 10.1. The molecule has 0 saturated carbocycles. The van der Waals surface area contributed by atoms with E-state index < -0.39 is 12.6 Å². The Balaban J connectivity index is 1.93. The molecule has 4 heteroatoms. The van der Waals surface area contributed by atoms with Crippen molar-refractivity contribution < 1.29 is 14.7 Å². The Morgan fingerprint density at radius 3 is 3.00 bits per heavy atom. The van der Waals surface area contributed by atoms with E-state index in [1.807, 2.05) is 36.4 Å². The van der Waals surface area contributed by atoms with Gasteiger partial charge in [-0.3, -0.25) is 10.3 Å². The number of hydrogen-bond donors (Lipinski definition) is 1. The van der Waals surface area contributed by atoms with Crippen molar-refractivity contribution in [3.63, 3.8) is 0 Å². The predicted molar refractivity (Wildman–Crippen MR) is 68.5 cm³/mol. The normalized spacial score (nSPS) is 19.3. The molecular weight excluding hydrogens is 242 g/mol. The lowest BCUT2D eigenvalue weighted by atomic mass is 9.92. The molecule has 1 aromatic rings. The molecular formula is C15H12NO3-. The molecule has 0 heterocycles. The Hall–Kier alpha value is -2.33. The van der Waals surface area contributed by atoms with Crippen LogP contribution in [0.2, 0.25) is 0 Å². The largest absolute Gasteiger partial charge is 0.548 e. The second-order valence-electron chi connectivity index (χ2n) is 4.40. The summed E-state index contributed by atoms with van der Waals surface area (Å²) in [5.74, 6) is -1.05. The molecule has 1 N–H and O–H groups in total. The minimum atomic E-state index is -1.25. The molecule has 1 atom stereocenters. The van der Waals surface area contributed by atoms with Crippen molar-refractivity contribution >= 4 is 11.7 Å². The van der Waals surface area contributed by atoms with Gasteiger partial charge in [-0.05, 0) is 11.1 Å². The number of carboxylic acids is 1. The maximum atomic E-state index is 10.4. The quantitative estimate of drug-likeness (QED) is 0.811. The van der Waals surface area contributed by atoms with Gasteiger partial charge in [-0.2, -0.15) is 0 Å². The molecule has 0 aromatic heterocycles. The highest BCUT2D eigenvalue weighted by atomic mass is 16.7. The summed E-state index contributed by atoms with van der Waals surface area (Å²) < 4.78 is 0. The van der Waals surface area contributed by atoms with Crippen LogP contribution in [0.3, 0.4) is 0 Å². The summed E-state index contributed by atoms with van der Waals surface area (Å²) in [4.78, 5) is 15.3. The summed E-state index contributed by atoms with van der Waals surface area (Å²) in [5.41, 5.74) is 6.88. The van der Waals surface area contributed by atoms with Gasteiger partial charge >= 0.3 is 0 Å². The number of allylic oxidation sites excluding steroid dienone is 5. The fourth-order valence-corrected chi connectivity index (χ4v) is 2.48. The number of aliphatic carboxylic acids is 1. The summed E-state index contributed by atoms with van der Waals surface area (Å²) in [5, 5.41) is 10.4. The number of fused-ring (bicyclic) bond motifs is 3. The van der Waals surface area contributed by atoms with E-state index in [1.54, 1.807) is 0 Å². The lowest BCUT2D eigenvalue weighted by Crippen LogP contribution is -2.30. The van der Waals surface area contributed by atoms with Gasteiger partial charge in [0.05, 0.1) is 11.7 Å². The van der Waals surface area contributed by atoms with Gasteiger partial charge in [-0.25, -0.2) is 0 Å². The minimum absolute atomic E-state index is 0.204. The summed E-state index contributed by atoms with van der Waals surface area (Å²) in [6, 6.07) is 8.00.